The number of halogens is 4. The van der Waals surface area contributed by atoms with Crippen molar-refractivity contribution in [3.63, 3.8) is 0 Å². The van der Waals surface area contributed by atoms with Crippen LogP contribution in [-0.4, -0.2) is 38.3 Å². The van der Waals surface area contributed by atoms with Crippen LogP contribution in [0.1, 0.15) is 29.2 Å². The first kappa shape index (κ1) is 25.8. The maximum absolute atomic E-state index is 14.1. The van der Waals surface area contributed by atoms with Gasteiger partial charge < -0.3 is 10.5 Å². The molecule has 4 rings (SSSR count). The molecule has 2 aromatic rings. The second-order valence-electron chi connectivity index (χ2n) is 7.74. The summed E-state index contributed by atoms with van der Waals surface area (Å²) < 4.78 is 58.9. The zero-order chi connectivity index (χ0) is 20.8. The third-order valence-corrected chi connectivity index (χ3v) is 6.05. The van der Waals surface area contributed by atoms with Crippen molar-refractivity contribution < 1.29 is 21.9 Å². The number of nitrogens with one attached hydrogen (secondary N) is 1. The quantitative estimate of drug-likeness (QED) is 0.679. The number of hydrogen-bond acceptors (Lipinski definition) is 5. The minimum atomic E-state index is -3.33. The summed E-state index contributed by atoms with van der Waals surface area (Å²) in [6.45, 7) is 1.71. The highest BCUT2D eigenvalue weighted by atomic mass is 35.5. The molecule has 3 atom stereocenters. The van der Waals surface area contributed by atoms with E-state index in [4.69, 9.17) is 10.5 Å². The molecule has 0 bridgehead atoms. The predicted molar refractivity (Wildman–Crippen MR) is 120 cm³/mol. The van der Waals surface area contributed by atoms with Crippen LogP contribution < -0.4 is 10.5 Å². The van der Waals surface area contributed by atoms with E-state index in [1.165, 1.54) is 0 Å². The Morgan fingerprint density at radius 1 is 1.10 bits per heavy atom. The Bertz CT molecular complexity index is 1040. The molecule has 2 aliphatic heterocycles. The lowest BCUT2D eigenvalue weighted by atomic mass is 9.93. The molecule has 0 aliphatic carbocycles. The van der Waals surface area contributed by atoms with Crippen LogP contribution in [0.4, 0.5) is 14.5 Å². The number of nitrogens with two attached hydrogens (primary N) is 1. The summed E-state index contributed by atoms with van der Waals surface area (Å²) in [6, 6.07) is 8.38. The van der Waals surface area contributed by atoms with Crippen LogP contribution in [0.25, 0.3) is 0 Å². The van der Waals surface area contributed by atoms with Crippen LogP contribution in [0.3, 0.4) is 0 Å². The minimum Gasteiger partial charge on any atom is -0.370 e. The highest BCUT2D eigenvalue weighted by Crippen LogP contribution is 2.34. The molecule has 2 heterocycles. The summed E-state index contributed by atoms with van der Waals surface area (Å²) in [4.78, 5) is 2.22. The van der Waals surface area contributed by atoms with E-state index >= 15 is 0 Å². The van der Waals surface area contributed by atoms with E-state index in [1.54, 1.807) is 6.07 Å². The van der Waals surface area contributed by atoms with Crippen molar-refractivity contribution in [2.75, 3.05) is 17.6 Å². The number of anilines is 1. The molecular formula is C20H25Cl2F2N3O3S. The van der Waals surface area contributed by atoms with Crippen LogP contribution in [0.5, 0.6) is 0 Å². The molecule has 6 nitrogen and oxygen atoms in total. The number of sulfonamides is 1. The van der Waals surface area contributed by atoms with Crippen LogP contribution in [0.15, 0.2) is 36.4 Å². The number of hydrogen-bond donors (Lipinski definition) is 2. The van der Waals surface area contributed by atoms with E-state index in [2.05, 4.69) is 9.62 Å². The zero-order valence-corrected chi connectivity index (χ0v) is 19.2. The minimum absolute atomic E-state index is 0. The second kappa shape index (κ2) is 9.97. The van der Waals surface area contributed by atoms with Crippen molar-refractivity contribution in [2.45, 2.75) is 37.7 Å². The molecule has 0 amide bonds. The van der Waals surface area contributed by atoms with Crippen LogP contribution in [0, 0.1) is 11.6 Å². The molecule has 0 radical (unpaired) electrons. The average Bonchev–Trinajstić information content (AvgIpc) is 3.06. The number of nitrogens with zero attached hydrogens (tertiary/aromatic N) is 1. The first-order chi connectivity index (χ1) is 13.7. The van der Waals surface area contributed by atoms with E-state index in [-0.39, 0.29) is 36.4 Å². The van der Waals surface area contributed by atoms with Gasteiger partial charge in [-0.1, -0.05) is 6.07 Å². The van der Waals surface area contributed by atoms with E-state index < -0.39 is 33.8 Å². The van der Waals surface area contributed by atoms with Gasteiger partial charge in [0.2, 0.25) is 10.0 Å². The number of ether oxygens (including phenoxy) is 1. The van der Waals surface area contributed by atoms with Gasteiger partial charge in [-0.3, -0.25) is 9.62 Å². The molecule has 0 unspecified atom stereocenters. The fraction of sp³-hybridized carbons (Fsp3) is 0.400. The van der Waals surface area contributed by atoms with Gasteiger partial charge in [0.25, 0.3) is 0 Å². The fourth-order valence-corrected chi connectivity index (χ4v) is 4.66. The Morgan fingerprint density at radius 3 is 2.48 bits per heavy atom. The summed E-state index contributed by atoms with van der Waals surface area (Å²) >= 11 is 0. The molecule has 0 aromatic heterocycles. The summed E-state index contributed by atoms with van der Waals surface area (Å²) in [5.41, 5.74) is 9.12. The van der Waals surface area contributed by atoms with Gasteiger partial charge in [0.1, 0.15) is 17.7 Å². The lowest BCUT2D eigenvalue weighted by molar-refractivity contribution is -0.0531. The Morgan fingerprint density at radius 2 is 1.81 bits per heavy atom. The van der Waals surface area contributed by atoms with Crippen molar-refractivity contribution in [2.24, 2.45) is 5.73 Å². The topological polar surface area (TPSA) is 84.7 Å². The Kier molecular flexibility index (Phi) is 8.29. The van der Waals surface area contributed by atoms with Gasteiger partial charge >= 0.3 is 0 Å². The molecule has 11 heteroatoms. The molecule has 31 heavy (non-hydrogen) atoms. The van der Waals surface area contributed by atoms with E-state index in [9.17, 15) is 17.2 Å². The molecule has 3 N–H and O–H groups in total. The second-order valence-corrected chi connectivity index (χ2v) is 9.48. The SMILES string of the molecule is CS(=O)(=O)Nc1ccc2c(c1)CN([C@H]1CO[C@H](c3cc(F)ccc3F)[C@@H](N)C1)C2.Cl.Cl. The first-order valence-electron chi connectivity index (χ1n) is 9.35. The first-order valence-corrected chi connectivity index (χ1v) is 11.2. The molecule has 172 valence electrons. The van der Waals surface area contributed by atoms with Crippen LogP contribution in [-0.2, 0) is 27.8 Å². The Balaban J connectivity index is 0.00000171. The van der Waals surface area contributed by atoms with Gasteiger partial charge in [0.05, 0.1) is 12.9 Å². The zero-order valence-electron chi connectivity index (χ0n) is 16.8. The predicted octanol–water partition coefficient (Wildman–Crippen LogP) is 3.35. The third kappa shape index (κ3) is 5.85. The van der Waals surface area contributed by atoms with E-state index in [0.29, 0.717) is 31.8 Å². The van der Waals surface area contributed by atoms with Crippen LogP contribution >= 0.6 is 24.8 Å². The molecule has 0 saturated carbocycles. The maximum Gasteiger partial charge on any atom is 0.229 e. The van der Waals surface area contributed by atoms with E-state index in [0.717, 1.165) is 35.6 Å². The van der Waals surface area contributed by atoms with Gasteiger partial charge in [-0.25, -0.2) is 17.2 Å². The Labute approximate surface area is 193 Å². The van der Waals surface area contributed by atoms with Crippen molar-refractivity contribution in [1.82, 2.24) is 4.90 Å². The number of fused-ring (bicyclic) bond motifs is 1. The molecule has 2 aliphatic rings. The Hall–Kier alpha value is -1.49. The van der Waals surface area contributed by atoms with Crippen molar-refractivity contribution in [3.8, 4) is 0 Å². The standard InChI is InChI=1S/C20H23F2N3O3S.2ClH/c1-29(26,27)24-15-4-2-12-9-25(10-13(12)6-15)16-8-19(23)20(28-11-16)17-7-14(21)3-5-18(17)22;;/h2-7,16,19-20,24H,8-11,23H2,1H3;2*1H/t16-,19+,20-;;/m1../s1. The lowest BCUT2D eigenvalue weighted by Crippen LogP contribution is -2.47. The van der Waals surface area contributed by atoms with Crippen molar-refractivity contribution in [3.05, 3.63) is 64.7 Å². The van der Waals surface area contributed by atoms with Gasteiger partial charge in [-0.2, -0.15) is 0 Å². The van der Waals surface area contributed by atoms with Crippen molar-refractivity contribution in [1.29, 1.82) is 0 Å². The molecular weight excluding hydrogens is 471 g/mol. The van der Waals surface area contributed by atoms with Gasteiger partial charge in [-0.15, -0.1) is 24.8 Å². The van der Waals surface area contributed by atoms with E-state index in [1.807, 2.05) is 12.1 Å². The lowest BCUT2D eigenvalue weighted by Gasteiger charge is -2.38. The number of benzene rings is 2. The van der Waals surface area contributed by atoms with Gasteiger partial charge in [0, 0.05) is 36.4 Å². The largest absolute Gasteiger partial charge is 0.370 e. The fourth-order valence-electron chi connectivity index (χ4n) is 4.11. The van der Waals surface area contributed by atoms with Gasteiger partial charge in [0.15, 0.2) is 0 Å². The molecule has 2 aromatic carbocycles. The summed E-state index contributed by atoms with van der Waals surface area (Å²) in [5, 5.41) is 0. The van der Waals surface area contributed by atoms with Crippen LogP contribution in [0.2, 0.25) is 0 Å². The molecule has 1 fully saturated rings. The molecule has 0 spiro atoms. The summed E-state index contributed by atoms with van der Waals surface area (Å²) in [5.74, 6) is -1.04. The molecule has 1 saturated heterocycles. The number of rotatable bonds is 4. The summed E-state index contributed by atoms with van der Waals surface area (Å²) in [6.07, 6.45) is 1.02. The smallest absolute Gasteiger partial charge is 0.229 e. The average molecular weight is 496 g/mol. The third-order valence-electron chi connectivity index (χ3n) is 5.44. The monoisotopic (exact) mass is 495 g/mol. The van der Waals surface area contributed by atoms with Gasteiger partial charge in [-0.05, 0) is 47.9 Å². The maximum atomic E-state index is 14.1. The summed E-state index contributed by atoms with van der Waals surface area (Å²) in [7, 11) is -3.33. The normalized spacial score (nSPS) is 23.4. The highest BCUT2D eigenvalue weighted by Gasteiger charge is 2.36. The van der Waals surface area contributed by atoms with Crippen molar-refractivity contribution >= 4 is 40.5 Å². The highest BCUT2D eigenvalue weighted by molar-refractivity contribution is 7.92.